The summed E-state index contributed by atoms with van der Waals surface area (Å²) < 4.78 is 19.8. The minimum Gasteiger partial charge on any atom is -0.490 e. The topological polar surface area (TPSA) is 21.3 Å². The van der Waals surface area contributed by atoms with E-state index in [-0.39, 0.29) is 5.82 Å². The van der Waals surface area contributed by atoms with E-state index in [0.29, 0.717) is 11.7 Å². The molecule has 1 saturated carbocycles. The Morgan fingerprint density at radius 1 is 1.20 bits per heavy atom. The van der Waals surface area contributed by atoms with Gasteiger partial charge in [0, 0.05) is 12.1 Å². The number of hydrogen-bond donors (Lipinski definition) is 1. The molecule has 1 aliphatic carbocycles. The molecular weight excluding hydrogens is 253 g/mol. The number of benzene rings is 2. The van der Waals surface area contributed by atoms with E-state index in [1.165, 1.54) is 6.07 Å². The molecule has 2 aromatic carbocycles. The van der Waals surface area contributed by atoms with Crippen LogP contribution in [0.4, 0.5) is 4.39 Å². The van der Waals surface area contributed by atoms with Crippen LogP contribution in [0.2, 0.25) is 0 Å². The van der Waals surface area contributed by atoms with Crippen molar-refractivity contribution in [3.8, 4) is 16.9 Å². The maximum absolute atomic E-state index is 14.0. The second-order valence-electron chi connectivity index (χ2n) is 5.19. The van der Waals surface area contributed by atoms with Crippen molar-refractivity contribution >= 4 is 0 Å². The number of hydrogen-bond acceptors (Lipinski definition) is 2. The van der Waals surface area contributed by atoms with Crippen LogP contribution >= 0.6 is 0 Å². The Balaban J connectivity index is 1.92. The Bertz CT molecular complexity index is 608. The first-order valence-electron chi connectivity index (χ1n) is 6.96. The lowest BCUT2D eigenvalue weighted by Gasteiger charge is -2.09. The molecule has 0 aromatic heterocycles. The molecule has 0 bridgehead atoms. The first-order chi connectivity index (χ1) is 9.76. The van der Waals surface area contributed by atoms with E-state index in [1.807, 2.05) is 37.4 Å². The molecule has 2 aromatic rings. The largest absolute Gasteiger partial charge is 0.490 e. The lowest BCUT2D eigenvalue weighted by molar-refractivity contribution is 0.303. The molecule has 0 aliphatic heterocycles. The minimum atomic E-state index is -0.201. The highest BCUT2D eigenvalue weighted by atomic mass is 19.1. The van der Waals surface area contributed by atoms with E-state index < -0.39 is 0 Å². The maximum atomic E-state index is 14.0. The summed E-state index contributed by atoms with van der Waals surface area (Å²) in [6.45, 7) is 0.728. The molecule has 0 amide bonds. The lowest BCUT2D eigenvalue weighted by atomic mass is 10.0. The predicted molar refractivity (Wildman–Crippen MR) is 78.2 cm³/mol. The standard InChI is InChI=1S/C17H18FNO/c1-19-11-12-5-8-17(18)16(9-12)13-3-2-4-15(10-13)20-14-6-7-14/h2-5,8-10,14,19H,6-7,11H2,1H3. The Morgan fingerprint density at radius 3 is 2.80 bits per heavy atom. The molecule has 0 unspecified atom stereocenters. The lowest BCUT2D eigenvalue weighted by Crippen LogP contribution is -2.05. The van der Waals surface area contributed by atoms with Gasteiger partial charge in [0.2, 0.25) is 0 Å². The number of ether oxygens (including phenoxy) is 1. The van der Waals surface area contributed by atoms with Crippen molar-refractivity contribution in [3.63, 3.8) is 0 Å². The molecule has 20 heavy (non-hydrogen) atoms. The monoisotopic (exact) mass is 271 g/mol. The zero-order valence-electron chi connectivity index (χ0n) is 11.5. The first-order valence-corrected chi connectivity index (χ1v) is 6.96. The third-order valence-electron chi connectivity index (χ3n) is 3.38. The third kappa shape index (κ3) is 2.99. The molecule has 3 rings (SSSR count). The molecular formula is C17H18FNO. The van der Waals surface area contributed by atoms with Gasteiger partial charge in [-0.3, -0.25) is 0 Å². The second-order valence-corrected chi connectivity index (χ2v) is 5.19. The predicted octanol–water partition coefficient (Wildman–Crippen LogP) is 3.75. The Hall–Kier alpha value is -1.87. The van der Waals surface area contributed by atoms with Gasteiger partial charge in [-0.15, -0.1) is 0 Å². The Kier molecular flexibility index (Phi) is 3.70. The van der Waals surface area contributed by atoms with Gasteiger partial charge >= 0.3 is 0 Å². The Morgan fingerprint density at radius 2 is 2.05 bits per heavy atom. The number of halogens is 1. The van der Waals surface area contributed by atoms with Gasteiger partial charge in [-0.1, -0.05) is 18.2 Å². The van der Waals surface area contributed by atoms with E-state index in [1.54, 1.807) is 6.07 Å². The molecule has 104 valence electrons. The summed E-state index contributed by atoms with van der Waals surface area (Å²) in [6.07, 6.45) is 2.60. The fourth-order valence-corrected chi connectivity index (χ4v) is 2.22. The van der Waals surface area contributed by atoms with Crippen LogP contribution in [0.5, 0.6) is 5.75 Å². The highest BCUT2D eigenvalue weighted by Crippen LogP contribution is 2.31. The van der Waals surface area contributed by atoms with E-state index in [4.69, 9.17) is 4.74 Å². The van der Waals surface area contributed by atoms with E-state index in [9.17, 15) is 4.39 Å². The Labute approximate surface area is 118 Å². The summed E-state index contributed by atoms with van der Waals surface area (Å²) >= 11 is 0. The van der Waals surface area contributed by atoms with E-state index >= 15 is 0 Å². The summed E-state index contributed by atoms with van der Waals surface area (Å²) in [4.78, 5) is 0. The van der Waals surface area contributed by atoms with Crippen LogP contribution < -0.4 is 10.1 Å². The van der Waals surface area contributed by atoms with Crippen molar-refractivity contribution in [2.24, 2.45) is 0 Å². The third-order valence-corrected chi connectivity index (χ3v) is 3.38. The van der Waals surface area contributed by atoms with Gasteiger partial charge in [-0.2, -0.15) is 0 Å². The molecule has 0 radical (unpaired) electrons. The molecule has 0 atom stereocenters. The first kappa shape index (κ1) is 13.1. The van der Waals surface area contributed by atoms with Crippen molar-refractivity contribution in [1.29, 1.82) is 0 Å². The van der Waals surface area contributed by atoms with Crippen LogP contribution in [0.25, 0.3) is 11.1 Å². The van der Waals surface area contributed by atoms with Crippen LogP contribution in [0.15, 0.2) is 42.5 Å². The van der Waals surface area contributed by atoms with Crippen molar-refractivity contribution in [2.45, 2.75) is 25.5 Å². The minimum absolute atomic E-state index is 0.201. The maximum Gasteiger partial charge on any atom is 0.131 e. The summed E-state index contributed by atoms with van der Waals surface area (Å²) in [5.41, 5.74) is 2.55. The molecule has 3 heteroatoms. The van der Waals surface area contributed by atoms with Gasteiger partial charge in [-0.25, -0.2) is 4.39 Å². The molecule has 2 nitrogen and oxygen atoms in total. The van der Waals surface area contributed by atoms with Gasteiger partial charge in [0.05, 0.1) is 6.10 Å². The number of nitrogens with one attached hydrogen (secondary N) is 1. The fraction of sp³-hybridized carbons (Fsp3) is 0.294. The number of rotatable bonds is 5. The summed E-state index contributed by atoms with van der Waals surface area (Å²) in [6, 6.07) is 12.9. The zero-order chi connectivity index (χ0) is 13.9. The average Bonchev–Trinajstić information content (AvgIpc) is 3.25. The van der Waals surface area contributed by atoms with Gasteiger partial charge in [-0.05, 0) is 55.3 Å². The average molecular weight is 271 g/mol. The van der Waals surface area contributed by atoms with E-state index in [0.717, 1.165) is 36.3 Å². The van der Waals surface area contributed by atoms with Gasteiger partial charge in [0.25, 0.3) is 0 Å². The molecule has 0 spiro atoms. The SMILES string of the molecule is CNCc1ccc(F)c(-c2cccc(OC3CC3)c2)c1. The highest BCUT2D eigenvalue weighted by molar-refractivity contribution is 5.66. The van der Waals surface area contributed by atoms with Crippen molar-refractivity contribution in [3.05, 3.63) is 53.8 Å². The smallest absolute Gasteiger partial charge is 0.131 e. The normalized spacial score (nSPS) is 14.3. The fourth-order valence-electron chi connectivity index (χ4n) is 2.22. The quantitative estimate of drug-likeness (QED) is 0.894. The van der Waals surface area contributed by atoms with Crippen LogP contribution in [0.1, 0.15) is 18.4 Å². The molecule has 0 saturated heterocycles. The van der Waals surface area contributed by atoms with Crippen LogP contribution in [-0.2, 0) is 6.54 Å². The highest BCUT2D eigenvalue weighted by Gasteiger charge is 2.23. The van der Waals surface area contributed by atoms with Crippen molar-refractivity contribution < 1.29 is 9.13 Å². The van der Waals surface area contributed by atoms with Crippen molar-refractivity contribution in [2.75, 3.05) is 7.05 Å². The summed E-state index contributed by atoms with van der Waals surface area (Å²) in [5, 5.41) is 3.08. The van der Waals surface area contributed by atoms with E-state index in [2.05, 4.69) is 5.32 Å². The molecule has 1 N–H and O–H groups in total. The van der Waals surface area contributed by atoms with Crippen LogP contribution in [0, 0.1) is 5.82 Å². The van der Waals surface area contributed by atoms with Gasteiger partial charge < -0.3 is 10.1 Å². The summed E-state index contributed by atoms with van der Waals surface area (Å²) in [7, 11) is 1.88. The molecule has 1 fully saturated rings. The van der Waals surface area contributed by atoms with Crippen LogP contribution in [0.3, 0.4) is 0 Å². The van der Waals surface area contributed by atoms with Gasteiger partial charge in [0.15, 0.2) is 0 Å². The van der Waals surface area contributed by atoms with Crippen molar-refractivity contribution in [1.82, 2.24) is 5.32 Å². The summed E-state index contributed by atoms with van der Waals surface area (Å²) in [5.74, 6) is 0.622. The second kappa shape index (κ2) is 5.63. The van der Waals surface area contributed by atoms with Crippen LogP contribution in [-0.4, -0.2) is 13.2 Å². The zero-order valence-corrected chi connectivity index (χ0v) is 11.5. The van der Waals surface area contributed by atoms with Gasteiger partial charge in [0.1, 0.15) is 11.6 Å². The molecule has 1 aliphatic rings. The molecule has 0 heterocycles.